The molecule has 0 N–H and O–H groups in total. The third-order valence-electron chi connectivity index (χ3n) is 6.78. The topological polar surface area (TPSA) is 72.0 Å². The molecule has 2 saturated heterocycles. The van der Waals surface area contributed by atoms with Crippen LogP contribution in [0.25, 0.3) is 0 Å². The van der Waals surface area contributed by atoms with Gasteiger partial charge in [-0.15, -0.1) is 0 Å². The first-order valence-electron chi connectivity index (χ1n) is 11.4. The zero-order chi connectivity index (χ0) is 24.5. The highest BCUT2D eigenvalue weighted by molar-refractivity contribution is 6.32. The Morgan fingerprint density at radius 3 is 2.32 bits per heavy atom. The molecule has 2 fully saturated rings. The number of benzene rings is 1. The lowest BCUT2D eigenvalue weighted by Crippen LogP contribution is -2.50. The van der Waals surface area contributed by atoms with Gasteiger partial charge in [-0.25, -0.2) is 4.98 Å². The molecule has 0 aliphatic carbocycles. The second-order valence-electron chi connectivity index (χ2n) is 9.53. The Balaban J connectivity index is 1.37. The van der Waals surface area contributed by atoms with E-state index >= 15 is 0 Å². The number of likely N-dealkylation sites (tertiary alicyclic amines) is 2. The van der Waals surface area contributed by atoms with Crippen LogP contribution in [0.3, 0.4) is 0 Å². The number of rotatable bonds is 5. The van der Waals surface area contributed by atoms with Gasteiger partial charge in [-0.05, 0) is 56.7 Å². The van der Waals surface area contributed by atoms with Crippen LogP contribution in [-0.2, 0) is 4.79 Å². The van der Waals surface area contributed by atoms with E-state index in [1.54, 1.807) is 38.1 Å². The molecule has 34 heavy (non-hydrogen) atoms. The molecule has 7 nitrogen and oxygen atoms in total. The number of piperidine rings is 1. The molecule has 0 atom stereocenters. The Morgan fingerprint density at radius 2 is 1.68 bits per heavy atom. The van der Waals surface area contributed by atoms with Crippen molar-refractivity contribution in [2.75, 3.05) is 33.3 Å². The van der Waals surface area contributed by atoms with E-state index in [1.165, 1.54) is 7.11 Å². The van der Waals surface area contributed by atoms with Crippen molar-refractivity contribution >= 4 is 35.0 Å². The van der Waals surface area contributed by atoms with Gasteiger partial charge in [0.25, 0.3) is 11.8 Å². The second-order valence-corrected chi connectivity index (χ2v) is 10.3. The van der Waals surface area contributed by atoms with Gasteiger partial charge in [-0.1, -0.05) is 35.3 Å². The highest BCUT2D eigenvalue weighted by Gasteiger charge is 2.46. The number of ether oxygens (including phenoxy) is 2. The van der Waals surface area contributed by atoms with Crippen molar-refractivity contribution in [2.24, 2.45) is 5.41 Å². The van der Waals surface area contributed by atoms with Gasteiger partial charge in [0.15, 0.2) is 5.60 Å². The number of para-hydroxylation sites is 1. The average Bonchev–Trinajstić information content (AvgIpc) is 3.22. The maximum atomic E-state index is 13.3. The van der Waals surface area contributed by atoms with Gasteiger partial charge >= 0.3 is 0 Å². The first-order valence-corrected chi connectivity index (χ1v) is 12.1. The number of aromatic nitrogens is 1. The van der Waals surface area contributed by atoms with Crippen LogP contribution in [0.5, 0.6) is 11.6 Å². The quantitative estimate of drug-likeness (QED) is 0.550. The molecule has 3 heterocycles. The van der Waals surface area contributed by atoms with Crippen molar-refractivity contribution in [2.45, 2.75) is 38.7 Å². The van der Waals surface area contributed by atoms with E-state index in [4.69, 9.17) is 32.7 Å². The van der Waals surface area contributed by atoms with Crippen molar-refractivity contribution in [1.29, 1.82) is 0 Å². The molecular formula is C25H29Cl2N3O4. The van der Waals surface area contributed by atoms with Crippen molar-refractivity contribution in [3.05, 3.63) is 52.1 Å². The van der Waals surface area contributed by atoms with E-state index in [0.717, 1.165) is 19.3 Å². The minimum absolute atomic E-state index is 0.0144. The van der Waals surface area contributed by atoms with Crippen LogP contribution in [0, 0.1) is 5.41 Å². The smallest absolute Gasteiger partial charge is 0.266 e. The van der Waals surface area contributed by atoms with Crippen LogP contribution in [0.2, 0.25) is 10.2 Å². The summed E-state index contributed by atoms with van der Waals surface area (Å²) in [5.74, 6) is 0.672. The molecule has 4 rings (SSSR count). The molecule has 2 amide bonds. The molecule has 1 aromatic heterocycles. The fourth-order valence-electron chi connectivity index (χ4n) is 4.81. The lowest BCUT2D eigenvalue weighted by molar-refractivity contribution is -0.144. The van der Waals surface area contributed by atoms with Crippen molar-refractivity contribution in [3.8, 4) is 11.6 Å². The predicted molar refractivity (Wildman–Crippen MR) is 131 cm³/mol. The Morgan fingerprint density at radius 1 is 1.03 bits per heavy atom. The third-order valence-corrected chi connectivity index (χ3v) is 7.29. The Labute approximate surface area is 209 Å². The second kappa shape index (κ2) is 9.62. The normalized spacial score (nSPS) is 17.7. The fourth-order valence-corrected chi connectivity index (χ4v) is 5.19. The van der Waals surface area contributed by atoms with E-state index in [-0.39, 0.29) is 22.4 Å². The summed E-state index contributed by atoms with van der Waals surface area (Å²) >= 11 is 12.3. The Bertz CT molecular complexity index is 1080. The first kappa shape index (κ1) is 24.6. The average molecular weight is 506 g/mol. The maximum Gasteiger partial charge on any atom is 0.266 e. The Hall–Kier alpha value is -2.51. The molecule has 2 aliphatic rings. The van der Waals surface area contributed by atoms with Gasteiger partial charge < -0.3 is 19.3 Å². The van der Waals surface area contributed by atoms with Crippen molar-refractivity contribution in [3.63, 3.8) is 0 Å². The number of hydrogen-bond donors (Lipinski definition) is 0. The minimum Gasteiger partial charge on any atom is -0.481 e. The molecule has 0 bridgehead atoms. The van der Waals surface area contributed by atoms with Crippen LogP contribution in [0.1, 0.15) is 43.5 Å². The van der Waals surface area contributed by atoms with Crippen LogP contribution in [0.15, 0.2) is 36.4 Å². The van der Waals surface area contributed by atoms with Crippen LogP contribution < -0.4 is 9.47 Å². The number of carbonyl (C=O) groups is 2. The van der Waals surface area contributed by atoms with Gasteiger partial charge in [0.1, 0.15) is 10.9 Å². The highest BCUT2D eigenvalue weighted by Crippen LogP contribution is 2.41. The lowest BCUT2D eigenvalue weighted by atomic mass is 9.77. The molecule has 0 radical (unpaired) electrons. The standard InChI is InChI=1S/C25H29Cl2N3O4/c1-24(2,34-19-7-5-4-6-18(19)26)23(32)30-13-10-25(16-30)8-11-29(12-9-25)22(31)17-14-20(27)28-21(15-17)33-3/h4-7,14-15H,8-13,16H2,1-3H3. The fraction of sp³-hybridized carbons (Fsp3) is 0.480. The third kappa shape index (κ3) is 5.10. The number of carbonyl (C=O) groups excluding carboxylic acids is 2. The van der Waals surface area contributed by atoms with Gasteiger partial charge in [0.05, 0.1) is 12.1 Å². The van der Waals surface area contributed by atoms with Gasteiger partial charge in [0.2, 0.25) is 5.88 Å². The van der Waals surface area contributed by atoms with E-state index in [1.807, 2.05) is 21.9 Å². The van der Waals surface area contributed by atoms with E-state index in [2.05, 4.69) is 4.98 Å². The number of halogens is 2. The van der Waals surface area contributed by atoms with Crippen LogP contribution in [-0.4, -0.2) is 65.5 Å². The van der Waals surface area contributed by atoms with E-state index < -0.39 is 5.60 Å². The van der Waals surface area contributed by atoms with Crippen molar-refractivity contribution in [1.82, 2.24) is 14.8 Å². The molecule has 1 aromatic carbocycles. The molecule has 2 aliphatic heterocycles. The minimum atomic E-state index is -1.03. The summed E-state index contributed by atoms with van der Waals surface area (Å²) in [5.41, 5.74) is -0.553. The molecule has 1 spiro atoms. The largest absolute Gasteiger partial charge is 0.481 e. The molecular weight excluding hydrogens is 477 g/mol. The monoisotopic (exact) mass is 505 g/mol. The number of methoxy groups -OCH3 is 1. The summed E-state index contributed by atoms with van der Waals surface area (Å²) in [6, 6.07) is 10.3. The summed E-state index contributed by atoms with van der Waals surface area (Å²) in [7, 11) is 1.49. The van der Waals surface area contributed by atoms with Crippen molar-refractivity contribution < 1.29 is 19.1 Å². The zero-order valence-corrected chi connectivity index (χ0v) is 21.2. The Kier molecular flexibility index (Phi) is 6.97. The summed E-state index contributed by atoms with van der Waals surface area (Å²) in [6.07, 6.45) is 2.59. The summed E-state index contributed by atoms with van der Waals surface area (Å²) < 4.78 is 11.1. The molecule has 182 valence electrons. The summed E-state index contributed by atoms with van der Waals surface area (Å²) in [6.45, 7) is 6.15. The summed E-state index contributed by atoms with van der Waals surface area (Å²) in [5, 5.41) is 0.703. The number of nitrogens with zero attached hydrogens (tertiary/aromatic N) is 3. The summed E-state index contributed by atoms with van der Waals surface area (Å²) in [4.78, 5) is 34.1. The molecule has 0 saturated carbocycles. The molecule has 9 heteroatoms. The lowest BCUT2D eigenvalue weighted by Gasteiger charge is -2.39. The maximum absolute atomic E-state index is 13.3. The zero-order valence-electron chi connectivity index (χ0n) is 19.6. The van der Waals surface area contributed by atoms with Gasteiger partial charge in [0, 0.05) is 37.8 Å². The van der Waals surface area contributed by atoms with Gasteiger partial charge in [-0.3, -0.25) is 9.59 Å². The van der Waals surface area contributed by atoms with Crippen LogP contribution >= 0.6 is 23.2 Å². The highest BCUT2D eigenvalue weighted by atomic mass is 35.5. The van der Waals surface area contributed by atoms with Crippen LogP contribution in [0.4, 0.5) is 0 Å². The SMILES string of the molecule is COc1cc(C(=O)N2CCC3(CC2)CCN(C(=O)C(C)(C)Oc2ccccc2Cl)C3)cc(Cl)n1. The molecule has 2 aromatic rings. The first-order chi connectivity index (χ1) is 16.1. The number of amides is 2. The number of hydrogen-bond acceptors (Lipinski definition) is 5. The van der Waals surface area contributed by atoms with Gasteiger partial charge in [-0.2, -0.15) is 0 Å². The molecule has 0 unspecified atom stereocenters. The number of pyridine rings is 1. The van der Waals surface area contributed by atoms with E-state index in [9.17, 15) is 9.59 Å². The predicted octanol–water partition coefficient (Wildman–Crippen LogP) is 4.71. The van der Waals surface area contributed by atoms with E-state index in [0.29, 0.717) is 48.4 Å².